The van der Waals surface area contributed by atoms with E-state index in [4.69, 9.17) is 0 Å². The standard InChI is InChI=1S/C20H35N5/c1-23-13-15-25(16-14-23)22-18-20-7-5-19(6-8-20)17-21-9-4-12-24-10-2-3-11-24/h5-8,21-22H,2-4,9-18H2,1H3. The first-order valence-electron chi connectivity index (χ1n) is 9.97. The van der Waals surface area contributed by atoms with Crippen molar-refractivity contribution in [3.63, 3.8) is 0 Å². The summed E-state index contributed by atoms with van der Waals surface area (Å²) in [5.41, 5.74) is 6.29. The van der Waals surface area contributed by atoms with Crippen molar-refractivity contribution in [1.29, 1.82) is 0 Å². The number of hydrazine groups is 1. The van der Waals surface area contributed by atoms with E-state index in [1.807, 2.05) is 0 Å². The molecular formula is C20H35N5. The van der Waals surface area contributed by atoms with Gasteiger partial charge in [0.15, 0.2) is 0 Å². The third-order valence-corrected chi connectivity index (χ3v) is 5.39. The molecule has 0 saturated carbocycles. The van der Waals surface area contributed by atoms with Crippen LogP contribution in [0.2, 0.25) is 0 Å². The van der Waals surface area contributed by atoms with Gasteiger partial charge in [0.2, 0.25) is 0 Å². The van der Waals surface area contributed by atoms with Gasteiger partial charge in [0.25, 0.3) is 0 Å². The van der Waals surface area contributed by atoms with Gasteiger partial charge >= 0.3 is 0 Å². The van der Waals surface area contributed by atoms with E-state index in [1.54, 1.807) is 0 Å². The molecule has 0 aliphatic carbocycles. The number of hydrogen-bond acceptors (Lipinski definition) is 5. The quantitative estimate of drug-likeness (QED) is 0.663. The van der Waals surface area contributed by atoms with Gasteiger partial charge in [-0.1, -0.05) is 24.3 Å². The lowest BCUT2D eigenvalue weighted by Crippen LogP contribution is -2.50. The molecule has 5 nitrogen and oxygen atoms in total. The zero-order valence-corrected chi connectivity index (χ0v) is 15.8. The average Bonchev–Trinajstić information content (AvgIpc) is 3.15. The largest absolute Gasteiger partial charge is 0.313 e. The van der Waals surface area contributed by atoms with Crippen molar-refractivity contribution in [2.45, 2.75) is 32.4 Å². The highest BCUT2D eigenvalue weighted by atomic mass is 15.5. The van der Waals surface area contributed by atoms with Crippen LogP contribution in [0, 0.1) is 0 Å². The van der Waals surface area contributed by atoms with E-state index in [9.17, 15) is 0 Å². The summed E-state index contributed by atoms with van der Waals surface area (Å²) in [6.07, 6.45) is 4.04. The van der Waals surface area contributed by atoms with Gasteiger partial charge in [-0.3, -0.25) is 5.43 Å². The maximum absolute atomic E-state index is 3.58. The molecule has 3 rings (SSSR count). The first-order chi connectivity index (χ1) is 12.3. The number of rotatable bonds is 9. The summed E-state index contributed by atoms with van der Waals surface area (Å²) < 4.78 is 0. The number of hydrogen-bond donors (Lipinski definition) is 2. The Labute approximate surface area is 153 Å². The third-order valence-electron chi connectivity index (χ3n) is 5.39. The predicted octanol–water partition coefficient (Wildman–Crippen LogP) is 1.51. The Morgan fingerprint density at radius 2 is 1.48 bits per heavy atom. The zero-order chi connectivity index (χ0) is 17.3. The smallest absolute Gasteiger partial charge is 0.0353 e. The fourth-order valence-electron chi connectivity index (χ4n) is 3.61. The average molecular weight is 346 g/mol. The normalized spacial score (nSPS) is 20.4. The van der Waals surface area contributed by atoms with Crippen LogP contribution in [0.1, 0.15) is 30.4 Å². The van der Waals surface area contributed by atoms with Crippen molar-refractivity contribution in [2.24, 2.45) is 0 Å². The fraction of sp³-hybridized carbons (Fsp3) is 0.700. The van der Waals surface area contributed by atoms with Crippen LogP contribution in [0.25, 0.3) is 0 Å². The maximum atomic E-state index is 3.58. The van der Waals surface area contributed by atoms with Crippen LogP contribution in [0.4, 0.5) is 0 Å². The predicted molar refractivity (Wildman–Crippen MR) is 104 cm³/mol. The maximum Gasteiger partial charge on any atom is 0.0353 e. The number of benzene rings is 1. The van der Waals surface area contributed by atoms with Gasteiger partial charge in [-0.05, 0) is 63.6 Å². The summed E-state index contributed by atoms with van der Waals surface area (Å²) in [4.78, 5) is 4.97. The van der Waals surface area contributed by atoms with Crippen molar-refractivity contribution in [1.82, 2.24) is 25.6 Å². The van der Waals surface area contributed by atoms with Gasteiger partial charge in [0, 0.05) is 39.3 Å². The van der Waals surface area contributed by atoms with Crippen molar-refractivity contribution in [3.8, 4) is 0 Å². The summed E-state index contributed by atoms with van der Waals surface area (Å²) in [6, 6.07) is 9.03. The van der Waals surface area contributed by atoms with Gasteiger partial charge in [-0.25, -0.2) is 5.01 Å². The molecule has 0 amide bonds. The lowest BCUT2D eigenvalue weighted by molar-refractivity contribution is 0.102. The second-order valence-corrected chi connectivity index (χ2v) is 7.52. The molecule has 5 heteroatoms. The fourth-order valence-corrected chi connectivity index (χ4v) is 3.61. The third kappa shape index (κ3) is 6.68. The minimum Gasteiger partial charge on any atom is -0.313 e. The topological polar surface area (TPSA) is 33.8 Å². The molecule has 0 spiro atoms. The van der Waals surface area contributed by atoms with Gasteiger partial charge < -0.3 is 15.1 Å². The molecular weight excluding hydrogens is 310 g/mol. The summed E-state index contributed by atoms with van der Waals surface area (Å²) in [6.45, 7) is 11.4. The molecule has 2 aliphatic heterocycles. The van der Waals surface area contributed by atoms with Crippen molar-refractivity contribution in [3.05, 3.63) is 35.4 Å². The Morgan fingerprint density at radius 3 is 2.16 bits per heavy atom. The lowest BCUT2D eigenvalue weighted by Gasteiger charge is -2.32. The first kappa shape index (κ1) is 18.8. The minimum atomic E-state index is 0.924. The molecule has 25 heavy (non-hydrogen) atoms. The highest BCUT2D eigenvalue weighted by molar-refractivity contribution is 5.22. The number of nitrogens with zero attached hydrogens (tertiary/aromatic N) is 3. The van der Waals surface area contributed by atoms with E-state index in [2.05, 4.69) is 56.9 Å². The van der Waals surface area contributed by atoms with Crippen LogP contribution in [0.15, 0.2) is 24.3 Å². The number of likely N-dealkylation sites (tertiary alicyclic amines) is 1. The SMILES string of the molecule is CN1CCN(NCc2ccc(CNCCCN3CCCC3)cc2)CC1. The van der Waals surface area contributed by atoms with E-state index in [-0.39, 0.29) is 0 Å². The van der Waals surface area contributed by atoms with Crippen LogP contribution in [-0.2, 0) is 13.1 Å². The lowest BCUT2D eigenvalue weighted by atomic mass is 10.1. The van der Waals surface area contributed by atoms with Gasteiger partial charge in [-0.2, -0.15) is 0 Å². The Balaban J connectivity index is 1.27. The molecule has 0 aromatic heterocycles. The number of piperazine rings is 1. The minimum absolute atomic E-state index is 0.924. The van der Waals surface area contributed by atoms with Crippen molar-refractivity contribution in [2.75, 3.05) is 59.4 Å². The highest BCUT2D eigenvalue weighted by Gasteiger charge is 2.12. The Bertz CT molecular complexity index is 475. The molecule has 0 bridgehead atoms. The van der Waals surface area contributed by atoms with E-state index >= 15 is 0 Å². The van der Waals surface area contributed by atoms with Crippen LogP contribution in [0.3, 0.4) is 0 Å². The van der Waals surface area contributed by atoms with E-state index < -0.39 is 0 Å². The van der Waals surface area contributed by atoms with Gasteiger partial charge in [-0.15, -0.1) is 0 Å². The van der Waals surface area contributed by atoms with E-state index in [0.717, 1.165) is 45.8 Å². The second-order valence-electron chi connectivity index (χ2n) is 7.52. The van der Waals surface area contributed by atoms with Crippen LogP contribution < -0.4 is 10.7 Å². The molecule has 2 heterocycles. The molecule has 2 fully saturated rings. The summed E-state index contributed by atoms with van der Waals surface area (Å²) >= 11 is 0. The van der Waals surface area contributed by atoms with Gasteiger partial charge in [0.1, 0.15) is 0 Å². The molecule has 0 radical (unpaired) electrons. The molecule has 0 atom stereocenters. The van der Waals surface area contributed by atoms with E-state index in [1.165, 1.54) is 50.0 Å². The second kappa shape index (κ2) is 10.2. The molecule has 1 aromatic carbocycles. The number of nitrogens with one attached hydrogen (secondary N) is 2. The summed E-state index contributed by atoms with van der Waals surface area (Å²) in [7, 11) is 2.19. The van der Waals surface area contributed by atoms with Crippen molar-refractivity contribution < 1.29 is 0 Å². The Hall–Kier alpha value is -0.980. The molecule has 0 unspecified atom stereocenters. The summed E-state index contributed by atoms with van der Waals surface area (Å²) in [5.74, 6) is 0. The molecule has 2 N–H and O–H groups in total. The van der Waals surface area contributed by atoms with Gasteiger partial charge in [0.05, 0.1) is 0 Å². The molecule has 2 saturated heterocycles. The molecule has 140 valence electrons. The van der Waals surface area contributed by atoms with Crippen molar-refractivity contribution >= 4 is 0 Å². The first-order valence-corrected chi connectivity index (χ1v) is 9.97. The summed E-state index contributed by atoms with van der Waals surface area (Å²) in [5, 5.41) is 5.92. The molecule has 1 aromatic rings. The number of likely N-dealkylation sites (N-methyl/N-ethyl adjacent to an activating group) is 1. The Kier molecular flexibility index (Phi) is 7.70. The zero-order valence-electron chi connectivity index (χ0n) is 15.8. The monoisotopic (exact) mass is 345 g/mol. The van der Waals surface area contributed by atoms with Crippen LogP contribution in [0.5, 0.6) is 0 Å². The Morgan fingerprint density at radius 1 is 0.840 bits per heavy atom. The molecule has 2 aliphatic rings. The van der Waals surface area contributed by atoms with Crippen LogP contribution in [-0.4, -0.2) is 74.2 Å². The highest BCUT2D eigenvalue weighted by Crippen LogP contribution is 2.08. The van der Waals surface area contributed by atoms with Crippen LogP contribution >= 0.6 is 0 Å². The van der Waals surface area contributed by atoms with E-state index in [0.29, 0.717) is 0 Å².